The summed E-state index contributed by atoms with van der Waals surface area (Å²) in [5.74, 6) is 1.50. The second kappa shape index (κ2) is 10.6. The van der Waals surface area contributed by atoms with Crippen molar-refractivity contribution in [2.45, 2.75) is 25.8 Å². The van der Waals surface area contributed by atoms with Crippen LogP contribution in [0.25, 0.3) is 0 Å². The molecule has 4 heterocycles. The van der Waals surface area contributed by atoms with Crippen molar-refractivity contribution in [3.63, 3.8) is 0 Å². The number of ether oxygens (including phenoxy) is 2. The van der Waals surface area contributed by atoms with Gasteiger partial charge in [0.25, 0.3) is 0 Å². The van der Waals surface area contributed by atoms with Crippen LogP contribution in [-0.2, 0) is 20.9 Å². The number of carbonyl (C=O) groups excluding carboxylic acids is 3. The summed E-state index contributed by atoms with van der Waals surface area (Å²) in [6.45, 7) is 5.81. The highest BCUT2D eigenvalue weighted by Crippen LogP contribution is 2.33. The van der Waals surface area contributed by atoms with Crippen molar-refractivity contribution in [1.82, 2.24) is 14.7 Å². The predicted molar refractivity (Wildman–Crippen MR) is 141 cm³/mol. The van der Waals surface area contributed by atoms with Crippen LogP contribution in [0.4, 0.5) is 5.69 Å². The molecule has 200 valence electrons. The molecule has 0 aromatic heterocycles. The van der Waals surface area contributed by atoms with Crippen LogP contribution < -0.4 is 14.4 Å². The highest BCUT2D eigenvalue weighted by atomic mass is 16.7. The summed E-state index contributed by atoms with van der Waals surface area (Å²) in [5.41, 5.74) is 2.02. The molecule has 3 fully saturated rings. The third kappa shape index (κ3) is 5.07. The molecule has 38 heavy (non-hydrogen) atoms. The van der Waals surface area contributed by atoms with Gasteiger partial charge in [-0.15, -0.1) is 0 Å². The molecule has 0 saturated carbocycles. The maximum Gasteiger partial charge on any atom is 0.231 e. The standard InChI is InChI=1S/C29H34N4O5/c34-27-17-23(19-33(27)24-4-2-1-3-5-24)29(36)31-10-8-22(9-11-31)28(35)32-14-12-30(13-15-32)18-21-6-7-25-26(16-21)38-20-37-25/h1-7,16,22-23H,8-15,17-20H2. The van der Waals surface area contributed by atoms with Crippen molar-refractivity contribution in [2.24, 2.45) is 11.8 Å². The molecule has 1 atom stereocenters. The Morgan fingerprint density at radius 3 is 2.24 bits per heavy atom. The number of hydrogen-bond donors (Lipinski definition) is 0. The molecule has 0 N–H and O–H groups in total. The smallest absolute Gasteiger partial charge is 0.231 e. The van der Waals surface area contributed by atoms with Gasteiger partial charge in [-0.1, -0.05) is 24.3 Å². The zero-order valence-corrected chi connectivity index (χ0v) is 21.6. The lowest BCUT2D eigenvalue weighted by atomic mass is 9.93. The Hall–Kier alpha value is -3.59. The Balaban J connectivity index is 0.955. The van der Waals surface area contributed by atoms with E-state index in [1.54, 1.807) is 4.90 Å². The normalized spacial score (nSPS) is 22.3. The maximum atomic E-state index is 13.2. The second-order valence-electron chi connectivity index (χ2n) is 10.6. The average Bonchev–Trinajstić information content (AvgIpc) is 3.59. The first kappa shape index (κ1) is 24.7. The molecular weight excluding hydrogens is 484 g/mol. The van der Waals surface area contributed by atoms with Gasteiger partial charge in [-0.3, -0.25) is 19.3 Å². The summed E-state index contributed by atoms with van der Waals surface area (Å²) in [6, 6.07) is 15.6. The molecule has 1 unspecified atom stereocenters. The Bertz CT molecular complexity index is 1190. The first-order chi connectivity index (χ1) is 18.5. The van der Waals surface area contributed by atoms with Crippen molar-refractivity contribution < 1.29 is 23.9 Å². The fourth-order valence-electron chi connectivity index (χ4n) is 6.02. The van der Waals surface area contributed by atoms with Crippen LogP contribution >= 0.6 is 0 Å². The van der Waals surface area contributed by atoms with E-state index in [9.17, 15) is 14.4 Å². The molecule has 6 rings (SSSR count). The number of fused-ring (bicyclic) bond motifs is 1. The highest BCUT2D eigenvalue weighted by Gasteiger charge is 2.39. The topological polar surface area (TPSA) is 82.6 Å². The van der Waals surface area contributed by atoms with Crippen LogP contribution in [-0.4, -0.2) is 85.0 Å². The van der Waals surface area contributed by atoms with Crippen molar-refractivity contribution in [2.75, 3.05) is 57.5 Å². The summed E-state index contributed by atoms with van der Waals surface area (Å²) in [4.78, 5) is 46.9. The number of hydrogen-bond acceptors (Lipinski definition) is 6. The van der Waals surface area contributed by atoms with Gasteiger partial charge in [0, 0.05) is 70.4 Å². The van der Waals surface area contributed by atoms with E-state index in [0.29, 0.717) is 32.5 Å². The molecule has 4 aliphatic rings. The summed E-state index contributed by atoms with van der Waals surface area (Å²) in [5, 5.41) is 0. The van der Waals surface area contributed by atoms with Crippen molar-refractivity contribution in [1.29, 1.82) is 0 Å². The molecule has 0 radical (unpaired) electrons. The third-order valence-corrected chi connectivity index (χ3v) is 8.23. The number of piperidine rings is 1. The summed E-state index contributed by atoms with van der Waals surface area (Å²) < 4.78 is 10.9. The van der Waals surface area contributed by atoms with Gasteiger partial charge in [-0.25, -0.2) is 0 Å². The molecule has 9 nitrogen and oxygen atoms in total. The first-order valence-electron chi connectivity index (χ1n) is 13.6. The number of nitrogens with zero attached hydrogens (tertiary/aromatic N) is 4. The SMILES string of the molecule is O=C(C1CCN(C(=O)C2CC(=O)N(c3ccccc3)C2)CC1)N1CCN(Cc2ccc3c(c2)OCO3)CC1. The molecule has 3 amide bonds. The van der Waals surface area contributed by atoms with Crippen molar-refractivity contribution in [3.05, 3.63) is 54.1 Å². The summed E-state index contributed by atoms with van der Waals surface area (Å²) >= 11 is 0. The number of anilines is 1. The molecule has 0 aliphatic carbocycles. The van der Waals surface area contributed by atoms with E-state index in [2.05, 4.69) is 11.0 Å². The lowest BCUT2D eigenvalue weighted by Gasteiger charge is -2.39. The van der Waals surface area contributed by atoms with Crippen LogP contribution in [0.2, 0.25) is 0 Å². The van der Waals surface area contributed by atoms with E-state index in [1.165, 1.54) is 5.56 Å². The maximum absolute atomic E-state index is 13.2. The molecule has 0 bridgehead atoms. The Labute approximate surface area is 222 Å². The zero-order valence-electron chi connectivity index (χ0n) is 21.6. The van der Waals surface area contributed by atoms with Gasteiger partial charge in [0.15, 0.2) is 11.5 Å². The fraction of sp³-hybridized carbons (Fsp3) is 0.483. The van der Waals surface area contributed by atoms with E-state index in [-0.39, 0.29) is 42.8 Å². The lowest BCUT2D eigenvalue weighted by Crippen LogP contribution is -2.52. The minimum atomic E-state index is -0.312. The van der Waals surface area contributed by atoms with Crippen molar-refractivity contribution >= 4 is 23.4 Å². The van der Waals surface area contributed by atoms with E-state index >= 15 is 0 Å². The largest absolute Gasteiger partial charge is 0.454 e. The minimum Gasteiger partial charge on any atom is -0.454 e. The monoisotopic (exact) mass is 518 g/mol. The summed E-state index contributed by atoms with van der Waals surface area (Å²) in [6.07, 6.45) is 1.62. The van der Waals surface area contributed by atoms with Crippen LogP contribution in [0.15, 0.2) is 48.5 Å². The van der Waals surface area contributed by atoms with Crippen LogP contribution in [0.5, 0.6) is 11.5 Å². The Morgan fingerprint density at radius 1 is 0.789 bits per heavy atom. The first-order valence-corrected chi connectivity index (χ1v) is 13.6. The quantitative estimate of drug-likeness (QED) is 0.605. The Kier molecular flexibility index (Phi) is 6.93. The predicted octanol–water partition coefficient (Wildman–Crippen LogP) is 2.35. The van der Waals surface area contributed by atoms with E-state index in [1.807, 2.05) is 52.3 Å². The molecular formula is C29H34N4O5. The molecule has 0 spiro atoms. The van der Waals surface area contributed by atoms with Gasteiger partial charge in [0.05, 0.1) is 5.92 Å². The number of rotatable bonds is 5. The van der Waals surface area contributed by atoms with Crippen molar-refractivity contribution in [3.8, 4) is 11.5 Å². The number of piperazine rings is 1. The Morgan fingerprint density at radius 2 is 1.47 bits per heavy atom. The number of carbonyl (C=O) groups is 3. The second-order valence-corrected chi connectivity index (χ2v) is 10.6. The van der Waals surface area contributed by atoms with Crippen LogP contribution in [0, 0.1) is 11.8 Å². The fourth-order valence-corrected chi connectivity index (χ4v) is 6.02. The number of likely N-dealkylation sites (tertiary alicyclic amines) is 1. The van der Waals surface area contributed by atoms with E-state index in [0.717, 1.165) is 49.9 Å². The van der Waals surface area contributed by atoms with Crippen LogP contribution in [0.3, 0.4) is 0 Å². The van der Waals surface area contributed by atoms with E-state index in [4.69, 9.17) is 9.47 Å². The van der Waals surface area contributed by atoms with Crippen LogP contribution in [0.1, 0.15) is 24.8 Å². The third-order valence-electron chi connectivity index (χ3n) is 8.23. The van der Waals surface area contributed by atoms with Gasteiger partial charge in [0.1, 0.15) is 0 Å². The molecule has 3 saturated heterocycles. The zero-order chi connectivity index (χ0) is 26.1. The number of benzene rings is 2. The highest BCUT2D eigenvalue weighted by molar-refractivity contribution is 6.00. The van der Waals surface area contributed by atoms with Gasteiger partial charge in [-0.05, 0) is 42.7 Å². The lowest BCUT2D eigenvalue weighted by molar-refractivity contribution is -0.143. The summed E-state index contributed by atoms with van der Waals surface area (Å²) in [7, 11) is 0. The number of amides is 3. The number of para-hydroxylation sites is 1. The molecule has 4 aliphatic heterocycles. The van der Waals surface area contributed by atoms with Gasteiger partial charge in [-0.2, -0.15) is 0 Å². The van der Waals surface area contributed by atoms with Gasteiger partial charge >= 0.3 is 0 Å². The molecule has 2 aromatic rings. The van der Waals surface area contributed by atoms with Gasteiger partial charge in [0.2, 0.25) is 24.5 Å². The van der Waals surface area contributed by atoms with E-state index < -0.39 is 0 Å². The molecule has 2 aromatic carbocycles. The van der Waals surface area contributed by atoms with Gasteiger partial charge < -0.3 is 24.2 Å². The molecule has 9 heteroatoms. The minimum absolute atomic E-state index is 0.00252. The average molecular weight is 519 g/mol.